The van der Waals surface area contributed by atoms with Gasteiger partial charge in [-0.3, -0.25) is 0 Å². The molecule has 0 fully saturated rings. The van der Waals surface area contributed by atoms with E-state index in [0.29, 0.717) is 21.2 Å². The van der Waals surface area contributed by atoms with E-state index in [-0.39, 0.29) is 0 Å². The maximum atomic E-state index is 2.26. The molecule has 0 saturated carbocycles. The molecule has 0 amide bonds. The van der Waals surface area contributed by atoms with Gasteiger partial charge in [-0.25, -0.2) is 0 Å². The van der Waals surface area contributed by atoms with Crippen molar-refractivity contribution < 1.29 is 21.2 Å². The number of hydrogen-bond donors (Lipinski definition) is 0. The molecular weight excluding hydrogens is 247 g/mol. The molecule has 0 atom stereocenters. The SMILES string of the molecule is CCCC[I-]c1ccccc1. The minimum absolute atomic E-state index is 0.320. The summed E-state index contributed by atoms with van der Waals surface area (Å²) in [6.45, 7) is 2.26. The topological polar surface area (TPSA) is 0 Å². The number of halogens is 1. The van der Waals surface area contributed by atoms with Crippen molar-refractivity contribution in [3.8, 4) is 0 Å². The molecule has 62 valence electrons. The molecule has 0 N–H and O–H groups in total. The molecule has 0 bridgehead atoms. The zero-order valence-corrected chi connectivity index (χ0v) is 9.04. The number of rotatable bonds is 4. The van der Waals surface area contributed by atoms with Gasteiger partial charge < -0.3 is 0 Å². The first kappa shape index (κ1) is 9.04. The van der Waals surface area contributed by atoms with Crippen LogP contribution in [-0.2, 0) is 0 Å². The van der Waals surface area contributed by atoms with Crippen molar-refractivity contribution >= 4 is 0 Å². The third kappa shape index (κ3) is 3.75. The molecule has 0 aromatic heterocycles. The third-order valence-electron chi connectivity index (χ3n) is 1.47. The van der Waals surface area contributed by atoms with E-state index in [1.54, 1.807) is 3.57 Å². The minimum atomic E-state index is 0.320. The Kier molecular flexibility index (Phi) is 4.59. The zero-order valence-electron chi connectivity index (χ0n) is 6.89. The first-order valence-corrected chi connectivity index (χ1v) is 6.68. The zero-order chi connectivity index (χ0) is 7.94. The van der Waals surface area contributed by atoms with Gasteiger partial charge in [-0.1, -0.05) is 0 Å². The molecule has 0 saturated heterocycles. The fourth-order valence-electron chi connectivity index (χ4n) is 0.813. The fraction of sp³-hybridized carbons (Fsp3) is 0.400. The molecule has 0 aliphatic rings. The fourth-order valence-corrected chi connectivity index (χ4v) is 3.50. The van der Waals surface area contributed by atoms with Crippen LogP contribution < -0.4 is 21.2 Å². The van der Waals surface area contributed by atoms with Crippen molar-refractivity contribution in [3.63, 3.8) is 0 Å². The van der Waals surface area contributed by atoms with Gasteiger partial charge in [0.25, 0.3) is 0 Å². The van der Waals surface area contributed by atoms with Crippen LogP contribution in [0.5, 0.6) is 0 Å². The van der Waals surface area contributed by atoms with Crippen LogP contribution in [0.25, 0.3) is 0 Å². The predicted molar refractivity (Wildman–Crippen MR) is 44.9 cm³/mol. The van der Waals surface area contributed by atoms with Gasteiger partial charge in [0.05, 0.1) is 0 Å². The van der Waals surface area contributed by atoms with Gasteiger partial charge in [0.1, 0.15) is 0 Å². The molecule has 1 aromatic carbocycles. The normalized spacial score (nSPS) is 10.3. The van der Waals surface area contributed by atoms with E-state index in [9.17, 15) is 0 Å². The van der Waals surface area contributed by atoms with Crippen molar-refractivity contribution in [2.45, 2.75) is 19.8 Å². The Morgan fingerprint density at radius 2 is 1.91 bits per heavy atom. The van der Waals surface area contributed by atoms with E-state index in [4.69, 9.17) is 0 Å². The van der Waals surface area contributed by atoms with Crippen LogP contribution >= 0.6 is 0 Å². The summed E-state index contributed by atoms with van der Waals surface area (Å²) in [5.41, 5.74) is 0. The van der Waals surface area contributed by atoms with Crippen LogP contribution in [0.1, 0.15) is 19.8 Å². The van der Waals surface area contributed by atoms with E-state index < -0.39 is 0 Å². The Morgan fingerprint density at radius 1 is 1.18 bits per heavy atom. The van der Waals surface area contributed by atoms with Crippen LogP contribution in [0.3, 0.4) is 0 Å². The standard InChI is InChI=1S/C10H14I/c1-2-3-9-11-10-7-5-4-6-8-10/h4-8H,2-3,9H2,1H3/q-1. The molecule has 1 heteroatoms. The summed E-state index contributed by atoms with van der Waals surface area (Å²) in [5, 5.41) is 0. The van der Waals surface area contributed by atoms with Crippen LogP contribution in [-0.4, -0.2) is 4.43 Å². The van der Waals surface area contributed by atoms with Crippen molar-refractivity contribution in [3.05, 3.63) is 33.9 Å². The molecule has 1 rings (SSSR count). The van der Waals surface area contributed by atoms with Gasteiger partial charge in [-0.05, 0) is 0 Å². The van der Waals surface area contributed by atoms with Gasteiger partial charge in [0, 0.05) is 0 Å². The second-order valence-corrected chi connectivity index (χ2v) is 5.56. The molecule has 11 heavy (non-hydrogen) atoms. The summed E-state index contributed by atoms with van der Waals surface area (Å²) in [6.07, 6.45) is 2.74. The van der Waals surface area contributed by atoms with E-state index in [1.807, 2.05) is 0 Å². The average Bonchev–Trinajstić information content (AvgIpc) is 2.07. The molecule has 0 aliphatic heterocycles. The van der Waals surface area contributed by atoms with Crippen LogP contribution in [0.4, 0.5) is 0 Å². The summed E-state index contributed by atoms with van der Waals surface area (Å²) in [7, 11) is 0. The van der Waals surface area contributed by atoms with E-state index in [1.165, 1.54) is 17.3 Å². The summed E-state index contributed by atoms with van der Waals surface area (Å²) in [6, 6.07) is 10.9. The van der Waals surface area contributed by atoms with Crippen LogP contribution in [0.15, 0.2) is 30.3 Å². The second kappa shape index (κ2) is 5.58. The van der Waals surface area contributed by atoms with Gasteiger partial charge in [0.15, 0.2) is 0 Å². The number of benzene rings is 1. The van der Waals surface area contributed by atoms with Crippen molar-refractivity contribution in [2.24, 2.45) is 0 Å². The Morgan fingerprint density at radius 3 is 2.55 bits per heavy atom. The average molecular weight is 261 g/mol. The molecule has 0 heterocycles. The van der Waals surface area contributed by atoms with Gasteiger partial charge in [-0.2, -0.15) is 0 Å². The Hall–Kier alpha value is -0.0500. The Bertz CT molecular complexity index is 181. The second-order valence-electron chi connectivity index (χ2n) is 2.47. The Balaban J connectivity index is 2.28. The van der Waals surface area contributed by atoms with Crippen molar-refractivity contribution in [2.75, 3.05) is 4.43 Å². The van der Waals surface area contributed by atoms with Crippen molar-refractivity contribution in [1.82, 2.24) is 0 Å². The van der Waals surface area contributed by atoms with E-state index in [2.05, 4.69) is 37.3 Å². The quantitative estimate of drug-likeness (QED) is 0.398. The molecule has 0 aliphatic carbocycles. The molecule has 0 spiro atoms. The maximum absolute atomic E-state index is 2.26. The Labute approximate surface area is 79.3 Å². The van der Waals surface area contributed by atoms with Gasteiger partial charge in [0.2, 0.25) is 0 Å². The first-order chi connectivity index (χ1) is 5.43. The van der Waals surface area contributed by atoms with E-state index in [0.717, 1.165) is 0 Å². The monoisotopic (exact) mass is 261 g/mol. The van der Waals surface area contributed by atoms with Crippen LogP contribution in [0, 0.1) is 3.57 Å². The summed E-state index contributed by atoms with van der Waals surface area (Å²) in [4.78, 5) is 0. The first-order valence-electron chi connectivity index (χ1n) is 4.07. The third-order valence-corrected chi connectivity index (χ3v) is 4.37. The number of hydrogen-bond acceptors (Lipinski definition) is 0. The summed E-state index contributed by atoms with van der Waals surface area (Å²) in [5.74, 6) is 0. The molecular formula is C10H14I-. The van der Waals surface area contributed by atoms with Crippen molar-refractivity contribution in [1.29, 1.82) is 0 Å². The summed E-state index contributed by atoms with van der Waals surface area (Å²) >= 11 is 0.320. The number of alkyl halides is 1. The number of unbranched alkanes of at least 4 members (excludes halogenated alkanes) is 1. The molecule has 0 radical (unpaired) electrons. The van der Waals surface area contributed by atoms with E-state index >= 15 is 0 Å². The summed E-state index contributed by atoms with van der Waals surface area (Å²) < 4.78 is 3.03. The molecule has 0 unspecified atom stereocenters. The molecule has 1 aromatic rings. The van der Waals surface area contributed by atoms with Crippen LogP contribution in [0.2, 0.25) is 0 Å². The molecule has 0 nitrogen and oxygen atoms in total. The van der Waals surface area contributed by atoms with Gasteiger partial charge >= 0.3 is 79.3 Å². The van der Waals surface area contributed by atoms with Gasteiger partial charge in [-0.15, -0.1) is 0 Å². The predicted octanol–water partition coefficient (Wildman–Crippen LogP) is -0.255.